The molecule has 2 aromatic rings. The van der Waals surface area contributed by atoms with E-state index in [0.717, 1.165) is 18.2 Å². The van der Waals surface area contributed by atoms with Gasteiger partial charge in [-0.25, -0.2) is 22.5 Å². The van der Waals surface area contributed by atoms with Gasteiger partial charge in [0.05, 0.1) is 15.4 Å². The van der Waals surface area contributed by atoms with Gasteiger partial charge in [-0.2, -0.15) is 0 Å². The number of amides is 1. The molecule has 1 N–H and O–H groups in total. The van der Waals surface area contributed by atoms with Crippen LogP contribution < -0.4 is 9.62 Å². The number of halogens is 1. The quantitative estimate of drug-likeness (QED) is 0.524. The zero-order valence-electron chi connectivity index (χ0n) is 17.0. The summed E-state index contributed by atoms with van der Waals surface area (Å²) in [5, 5.41) is 10.7. The molecule has 31 heavy (non-hydrogen) atoms. The van der Waals surface area contributed by atoms with Gasteiger partial charge in [-0.1, -0.05) is 0 Å². The Morgan fingerprint density at radius 3 is 2.42 bits per heavy atom. The largest absolute Gasteiger partial charge is 0.353 e. The van der Waals surface area contributed by atoms with Gasteiger partial charge >= 0.3 is 0 Å². The average Bonchev–Trinajstić information content (AvgIpc) is 2.72. The standard InChI is InChI=1S/C19H22FN5O5S/c1-13(2)22-31(29,30)15-4-5-17(20)16(11-15)19(26)24-9-7-23(8-10-24)18-6-3-14(12-21-18)25(27)28/h3-6,11-13,22H,7-10H2,1-2H3. The van der Waals surface area contributed by atoms with Crippen LogP contribution in [0.1, 0.15) is 24.2 Å². The van der Waals surface area contributed by atoms with Gasteiger partial charge in [-0.3, -0.25) is 14.9 Å². The van der Waals surface area contributed by atoms with Crippen molar-refractivity contribution >= 4 is 27.4 Å². The van der Waals surface area contributed by atoms with Crippen LogP contribution in [0.25, 0.3) is 0 Å². The Hall–Kier alpha value is -3.12. The monoisotopic (exact) mass is 451 g/mol. The fraction of sp³-hybridized carbons (Fsp3) is 0.368. The van der Waals surface area contributed by atoms with E-state index in [1.165, 1.54) is 23.2 Å². The highest BCUT2D eigenvalue weighted by Gasteiger charge is 2.27. The van der Waals surface area contributed by atoms with E-state index in [0.29, 0.717) is 18.9 Å². The maximum absolute atomic E-state index is 14.3. The van der Waals surface area contributed by atoms with Crippen LogP contribution in [-0.4, -0.2) is 61.4 Å². The number of aromatic nitrogens is 1. The number of nitrogens with zero attached hydrogens (tertiary/aromatic N) is 4. The number of sulfonamides is 1. The Morgan fingerprint density at radius 1 is 1.19 bits per heavy atom. The van der Waals surface area contributed by atoms with Crippen LogP contribution in [0.2, 0.25) is 0 Å². The Bertz CT molecular complexity index is 1080. The molecule has 3 rings (SSSR count). The van der Waals surface area contributed by atoms with Crippen LogP contribution in [0, 0.1) is 15.9 Å². The lowest BCUT2D eigenvalue weighted by molar-refractivity contribution is -0.385. The van der Waals surface area contributed by atoms with Crippen LogP contribution in [0.4, 0.5) is 15.9 Å². The summed E-state index contributed by atoms with van der Waals surface area (Å²) in [5.74, 6) is -0.861. The normalized spacial score (nSPS) is 14.7. The molecule has 0 unspecified atom stereocenters. The summed E-state index contributed by atoms with van der Waals surface area (Å²) in [5.41, 5.74) is -0.427. The number of anilines is 1. The fourth-order valence-corrected chi connectivity index (χ4v) is 4.47. The Balaban J connectivity index is 1.72. The van der Waals surface area contributed by atoms with Crippen molar-refractivity contribution in [2.24, 2.45) is 0 Å². The molecule has 0 atom stereocenters. The predicted molar refractivity (Wildman–Crippen MR) is 111 cm³/mol. The van der Waals surface area contributed by atoms with Crippen molar-refractivity contribution in [3.8, 4) is 0 Å². The number of pyridine rings is 1. The number of hydrogen-bond donors (Lipinski definition) is 1. The van der Waals surface area contributed by atoms with E-state index in [1.807, 2.05) is 4.90 Å². The zero-order chi connectivity index (χ0) is 22.8. The number of carbonyl (C=O) groups is 1. The van der Waals surface area contributed by atoms with E-state index >= 15 is 0 Å². The molecule has 12 heteroatoms. The van der Waals surface area contributed by atoms with Crippen molar-refractivity contribution in [2.45, 2.75) is 24.8 Å². The highest BCUT2D eigenvalue weighted by molar-refractivity contribution is 7.89. The first kappa shape index (κ1) is 22.6. The van der Waals surface area contributed by atoms with E-state index in [1.54, 1.807) is 13.8 Å². The van der Waals surface area contributed by atoms with Gasteiger partial charge in [0.2, 0.25) is 10.0 Å². The van der Waals surface area contributed by atoms with E-state index in [2.05, 4.69) is 9.71 Å². The molecule has 0 aliphatic carbocycles. The van der Waals surface area contributed by atoms with Crippen LogP contribution >= 0.6 is 0 Å². The molecule has 0 bridgehead atoms. The third-order valence-electron chi connectivity index (χ3n) is 4.70. The van der Waals surface area contributed by atoms with Gasteiger partial charge in [0.15, 0.2) is 0 Å². The van der Waals surface area contributed by atoms with E-state index in [4.69, 9.17) is 0 Å². The minimum atomic E-state index is -3.87. The minimum Gasteiger partial charge on any atom is -0.353 e. The summed E-state index contributed by atoms with van der Waals surface area (Å²) in [7, 11) is -3.87. The summed E-state index contributed by atoms with van der Waals surface area (Å²) in [4.78, 5) is 30.2. The Morgan fingerprint density at radius 2 is 1.87 bits per heavy atom. The van der Waals surface area contributed by atoms with Crippen molar-refractivity contribution in [1.29, 1.82) is 0 Å². The summed E-state index contributed by atoms with van der Waals surface area (Å²) in [6.45, 7) is 4.63. The van der Waals surface area contributed by atoms with Gasteiger partial charge in [0.1, 0.15) is 17.8 Å². The second-order valence-corrected chi connectivity index (χ2v) is 9.04. The Kier molecular flexibility index (Phi) is 6.51. The van der Waals surface area contributed by atoms with Gasteiger partial charge in [-0.15, -0.1) is 0 Å². The molecule has 1 aromatic heterocycles. The molecule has 0 saturated carbocycles. The SMILES string of the molecule is CC(C)NS(=O)(=O)c1ccc(F)c(C(=O)N2CCN(c3ccc([N+](=O)[O-])cn3)CC2)c1. The molecule has 1 aromatic carbocycles. The first-order valence-electron chi connectivity index (χ1n) is 9.55. The van der Waals surface area contributed by atoms with Crippen LogP contribution in [0.5, 0.6) is 0 Å². The second-order valence-electron chi connectivity index (χ2n) is 7.33. The number of nitrogens with one attached hydrogen (secondary N) is 1. The second kappa shape index (κ2) is 8.94. The fourth-order valence-electron chi connectivity index (χ4n) is 3.20. The number of piperazine rings is 1. The van der Waals surface area contributed by atoms with E-state index in [9.17, 15) is 27.7 Å². The lowest BCUT2D eigenvalue weighted by Crippen LogP contribution is -2.49. The molecule has 10 nitrogen and oxygen atoms in total. The van der Waals surface area contributed by atoms with Crippen molar-refractivity contribution in [1.82, 2.24) is 14.6 Å². The topological polar surface area (TPSA) is 126 Å². The van der Waals surface area contributed by atoms with Crippen molar-refractivity contribution in [3.05, 3.63) is 58.0 Å². The molecule has 1 amide bonds. The Labute approximate surface area is 178 Å². The molecule has 2 heterocycles. The molecule has 166 valence electrons. The average molecular weight is 451 g/mol. The molecular weight excluding hydrogens is 429 g/mol. The highest BCUT2D eigenvalue weighted by atomic mass is 32.2. The number of nitro groups is 1. The first-order chi connectivity index (χ1) is 14.6. The van der Waals surface area contributed by atoms with E-state index < -0.39 is 26.7 Å². The summed E-state index contributed by atoms with van der Waals surface area (Å²) in [6.07, 6.45) is 1.17. The number of carbonyl (C=O) groups excluding carboxylic acids is 1. The third kappa shape index (κ3) is 5.14. The van der Waals surface area contributed by atoms with Crippen LogP contribution in [0.15, 0.2) is 41.4 Å². The van der Waals surface area contributed by atoms with Gasteiger partial charge in [-0.05, 0) is 38.1 Å². The third-order valence-corrected chi connectivity index (χ3v) is 6.36. The van der Waals surface area contributed by atoms with Crippen molar-refractivity contribution < 1.29 is 22.5 Å². The first-order valence-corrected chi connectivity index (χ1v) is 11.0. The number of benzene rings is 1. The lowest BCUT2D eigenvalue weighted by Gasteiger charge is -2.35. The lowest BCUT2D eigenvalue weighted by atomic mass is 10.1. The smallest absolute Gasteiger partial charge is 0.287 e. The maximum atomic E-state index is 14.3. The molecule has 1 aliphatic rings. The van der Waals surface area contributed by atoms with Gasteiger partial charge < -0.3 is 9.80 Å². The molecule has 0 radical (unpaired) electrons. The number of hydrogen-bond acceptors (Lipinski definition) is 7. The van der Waals surface area contributed by atoms with Crippen molar-refractivity contribution in [2.75, 3.05) is 31.1 Å². The van der Waals surface area contributed by atoms with Gasteiger partial charge in [0, 0.05) is 38.3 Å². The summed E-state index contributed by atoms with van der Waals surface area (Å²) in [6, 6.07) is 5.67. The zero-order valence-corrected chi connectivity index (χ0v) is 17.8. The molecule has 1 saturated heterocycles. The van der Waals surface area contributed by atoms with Gasteiger partial charge in [0.25, 0.3) is 11.6 Å². The van der Waals surface area contributed by atoms with Crippen molar-refractivity contribution in [3.63, 3.8) is 0 Å². The van der Waals surface area contributed by atoms with Crippen LogP contribution in [-0.2, 0) is 10.0 Å². The molecule has 1 aliphatic heterocycles. The summed E-state index contributed by atoms with van der Waals surface area (Å²) < 4.78 is 41.5. The van der Waals surface area contributed by atoms with Crippen LogP contribution in [0.3, 0.4) is 0 Å². The maximum Gasteiger partial charge on any atom is 0.287 e. The molecule has 0 spiro atoms. The minimum absolute atomic E-state index is 0.116. The number of rotatable bonds is 6. The molecular formula is C19H22FN5O5S. The molecule has 1 fully saturated rings. The highest BCUT2D eigenvalue weighted by Crippen LogP contribution is 2.21. The predicted octanol–water partition coefficient (Wildman–Crippen LogP) is 1.78. The summed E-state index contributed by atoms with van der Waals surface area (Å²) >= 11 is 0. The van der Waals surface area contributed by atoms with E-state index in [-0.39, 0.29) is 35.3 Å².